The Kier molecular flexibility index (Phi) is 5.61. The van der Waals surface area contributed by atoms with E-state index in [9.17, 15) is 9.59 Å². The van der Waals surface area contributed by atoms with Crippen LogP contribution in [0.25, 0.3) is 0 Å². The molecule has 0 saturated carbocycles. The molecule has 0 heterocycles. The van der Waals surface area contributed by atoms with Gasteiger partial charge in [0.25, 0.3) is 5.91 Å². The molecule has 0 bridgehead atoms. The Morgan fingerprint density at radius 1 is 1.00 bits per heavy atom. The van der Waals surface area contributed by atoms with E-state index in [1.165, 1.54) is 12.5 Å². The third-order valence-electron chi connectivity index (χ3n) is 2.97. The lowest BCUT2D eigenvalue weighted by Crippen LogP contribution is -2.12. The largest absolute Gasteiger partial charge is 0.326 e. The molecule has 2 aromatic rings. The highest BCUT2D eigenvalue weighted by Crippen LogP contribution is 2.17. The van der Waals surface area contributed by atoms with E-state index in [1.807, 2.05) is 30.5 Å². The van der Waals surface area contributed by atoms with Gasteiger partial charge in [-0.25, -0.2) is 0 Å². The number of thioether (sulfide) groups is 1. The van der Waals surface area contributed by atoms with Gasteiger partial charge in [0.05, 0.1) is 0 Å². The molecule has 22 heavy (non-hydrogen) atoms. The van der Waals surface area contributed by atoms with Gasteiger partial charge in [-0.05, 0) is 42.2 Å². The number of hydrogen-bond donors (Lipinski definition) is 2. The van der Waals surface area contributed by atoms with Crippen molar-refractivity contribution in [3.63, 3.8) is 0 Å². The monoisotopic (exact) mass is 314 g/mol. The molecule has 0 aliphatic heterocycles. The fraction of sp³-hybridized carbons (Fsp3) is 0.176. The Hall–Kier alpha value is -2.27. The third-order valence-corrected chi connectivity index (χ3v) is 3.59. The first-order valence-electron chi connectivity index (χ1n) is 6.85. The van der Waals surface area contributed by atoms with Crippen molar-refractivity contribution in [3.05, 3.63) is 59.7 Å². The van der Waals surface area contributed by atoms with E-state index in [-0.39, 0.29) is 11.8 Å². The average molecular weight is 314 g/mol. The Balaban J connectivity index is 2.06. The quantitative estimate of drug-likeness (QED) is 0.883. The zero-order valence-corrected chi connectivity index (χ0v) is 13.4. The summed E-state index contributed by atoms with van der Waals surface area (Å²) in [5, 5.41) is 5.52. The Morgan fingerprint density at radius 2 is 1.64 bits per heavy atom. The smallest absolute Gasteiger partial charge is 0.255 e. The average Bonchev–Trinajstić information content (AvgIpc) is 2.48. The number of anilines is 2. The fourth-order valence-electron chi connectivity index (χ4n) is 2.00. The number of carbonyl (C=O) groups excluding carboxylic acids is 2. The van der Waals surface area contributed by atoms with Crippen LogP contribution in [0.3, 0.4) is 0 Å². The summed E-state index contributed by atoms with van der Waals surface area (Å²) in [7, 11) is 0. The molecule has 0 aromatic heterocycles. The highest BCUT2D eigenvalue weighted by Gasteiger charge is 2.06. The van der Waals surface area contributed by atoms with Crippen molar-refractivity contribution in [2.45, 2.75) is 12.7 Å². The molecular formula is C17H18N2O2S. The first-order chi connectivity index (χ1) is 10.6. The lowest BCUT2D eigenvalue weighted by atomic mass is 10.1. The molecule has 4 nitrogen and oxygen atoms in total. The maximum atomic E-state index is 12.2. The predicted octanol–water partition coefficient (Wildman–Crippen LogP) is 3.76. The summed E-state index contributed by atoms with van der Waals surface area (Å²) in [6, 6.07) is 14.6. The molecule has 0 atom stereocenters. The van der Waals surface area contributed by atoms with E-state index < -0.39 is 0 Å². The number of amides is 2. The van der Waals surface area contributed by atoms with Crippen molar-refractivity contribution < 1.29 is 9.59 Å². The van der Waals surface area contributed by atoms with Crippen LogP contribution in [0.2, 0.25) is 0 Å². The summed E-state index contributed by atoms with van der Waals surface area (Å²) in [5.41, 5.74) is 3.09. The molecular weight excluding hydrogens is 296 g/mol. The zero-order chi connectivity index (χ0) is 15.9. The minimum absolute atomic E-state index is 0.146. The van der Waals surface area contributed by atoms with Crippen LogP contribution in [0, 0.1) is 0 Å². The van der Waals surface area contributed by atoms with Crippen LogP contribution in [-0.2, 0) is 10.5 Å². The Labute approximate surface area is 134 Å². The number of hydrogen-bond acceptors (Lipinski definition) is 3. The number of carbonyl (C=O) groups is 2. The molecule has 5 heteroatoms. The molecule has 0 aliphatic carbocycles. The molecule has 0 unspecified atom stereocenters. The van der Waals surface area contributed by atoms with Crippen LogP contribution in [-0.4, -0.2) is 18.1 Å². The van der Waals surface area contributed by atoms with Crippen molar-refractivity contribution in [1.29, 1.82) is 0 Å². The van der Waals surface area contributed by atoms with Gasteiger partial charge in [0, 0.05) is 29.6 Å². The third kappa shape index (κ3) is 4.63. The lowest BCUT2D eigenvalue weighted by molar-refractivity contribution is -0.114. The standard InChI is InChI=1S/C17H18N2O2S/c1-12(20)18-15-4-3-5-16(10-15)19-17(21)14-8-6-13(7-9-14)11-22-2/h3-10H,11H2,1-2H3,(H,18,20)(H,19,21). The van der Waals surface area contributed by atoms with E-state index in [1.54, 1.807) is 36.0 Å². The van der Waals surface area contributed by atoms with Gasteiger partial charge >= 0.3 is 0 Å². The van der Waals surface area contributed by atoms with Crippen molar-refractivity contribution in [2.24, 2.45) is 0 Å². The number of benzene rings is 2. The van der Waals surface area contributed by atoms with Crippen LogP contribution in [0.5, 0.6) is 0 Å². The minimum atomic E-state index is -0.171. The summed E-state index contributed by atoms with van der Waals surface area (Å²) < 4.78 is 0. The second kappa shape index (κ2) is 7.66. The summed E-state index contributed by atoms with van der Waals surface area (Å²) >= 11 is 1.74. The summed E-state index contributed by atoms with van der Waals surface area (Å²) in [6.45, 7) is 1.45. The molecule has 2 N–H and O–H groups in total. The molecule has 0 spiro atoms. The summed E-state index contributed by atoms with van der Waals surface area (Å²) in [5.74, 6) is 0.615. The van der Waals surface area contributed by atoms with Gasteiger partial charge in [0.2, 0.25) is 5.91 Å². The van der Waals surface area contributed by atoms with Crippen LogP contribution >= 0.6 is 11.8 Å². The second-order valence-corrected chi connectivity index (χ2v) is 5.71. The van der Waals surface area contributed by atoms with Gasteiger partial charge in [-0.15, -0.1) is 0 Å². The first kappa shape index (κ1) is 16.1. The van der Waals surface area contributed by atoms with Crippen molar-refractivity contribution in [1.82, 2.24) is 0 Å². The highest BCUT2D eigenvalue weighted by molar-refractivity contribution is 7.97. The van der Waals surface area contributed by atoms with Crippen molar-refractivity contribution in [2.75, 3.05) is 16.9 Å². The van der Waals surface area contributed by atoms with Gasteiger partial charge in [0.1, 0.15) is 0 Å². The van der Waals surface area contributed by atoms with E-state index in [2.05, 4.69) is 10.6 Å². The molecule has 2 amide bonds. The van der Waals surface area contributed by atoms with Crippen molar-refractivity contribution in [3.8, 4) is 0 Å². The molecule has 0 saturated heterocycles. The molecule has 0 aliphatic rings. The van der Waals surface area contributed by atoms with Gasteiger partial charge in [-0.3, -0.25) is 9.59 Å². The SMILES string of the molecule is CSCc1ccc(C(=O)Nc2cccc(NC(C)=O)c2)cc1. The van der Waals surface area contributed by atoms with Crippen LogP contribution in [0.1, 0.15) is 22.8 Å². The fourth-order valence-corrected chi connectivity index (χ4v) is 2.53. The second-order valence-electron chi connectivity index (χ2n) is 4.85. The van der Waals surface area contributed by atoms with Gasteiger partial charge in [-0.1, -0.05) is 18.2 Å². The first-order valence-corrected chi connectivity index (χ1v) is 8.25. The number of rotatable bonds is 5. The van der Waals surface area contributed by atoms with Crippen LogP contribution < -0.4 is 10.6 Å². The van der Waals surface area contributed by atoms with Gasteiger partial charge in [0.15, 0.2) is 0 Å². The van der Waals surface area contributed by atoms with Crippen molar-refractivity contribution >= 4 is 35.0 Å². The normalized spacial score (nSPS) is 10.1. The maximum absolute atomic E-state index is 12.2. The Morgan fingerprint density at radius 3 is 2.23 bits per heavy atom. The zero-order valence-electron chi connectivity index (χ0n) is 12.6. The topological polar surface area (TPSA) is 58.2 Å². The molecule has 114 valence electrons. The van der Waals surface area contributed by atoms with Crippen LogP contribution in [0.15, 0.2) is 48.5 Å². The molecule has 0 fully saturated rings. The summed E-state index contributed by atoms with van der Waals surface area (Å²) in [6.07, 6.45) is 2.04. The maximum Gasteiger partial charge on any atom is 0.255 e. The van der Waals surface area contributed by atoms with Gasteiger partial charge < -0.3 is 10.6 Å². The van der Waals surface area contributed by atoms with Gasteiger partial charge in [-0.2, -0.15) is 11.8 Å². The van der Waals surface area contributed by atoms with E-state index >= 15 is 0 Å². The minimum Gasteiger partial charge on any atom is -0.326 e. The summed E-state index contributed by atoms with van der Waals surface area (Å²) in [4.78, 5) is 23.3. The predicted molar refractivity (Wildman–Crippen MR) is 92.4 cm³/mol. The van der Waals surface area contributed by atoms with E-state index in [0.29, 0.717) is 16.9 Å². The molecule has 0 radical (unpaired) electrons. The number of nitrogens with one attached hydrogen (secondary N) is 2. The highest BCUT2D eigenvalue weighted by atomic mass is 32.2. The van der Waals surface area contributed by atoms with E-state index in [4.69, 9.17) is 0 Å². The molecule has 2 aromatic carbocycles. The lowest BCUT2D eigenvalue weighted by Gasteiger charge is -2.08. The van der Waals surface area contributed by atoms with Crippen LogP contribution in [0.4, 0.5) is 11.4 Å². The van der Waals surface area contributed by atoms with E-state index in [0.717, 1.165) is 5.75 Å². The Bertz CT molecular complexity index is 669. The molecule has 2 rings (SSSR count).